The van der Waals surface area contributed by atoms with Crippen LogP contribution < -0.4 is 0 Å². The highest BCUT2D eigenvalue weighted by molar-refractivity contribution is 5.80. The summed E-state index contributed by atoms with van der Waals surface area (Å²) < 4.78 is 0. The number of aliphatic hydroxyl groups excluding tert-OH is 1. The molecule has 176 valence electrons. The van der Waals surface area contributed by atoms with Gasteiger partial charge in [-0.05, 0) is 97.2 Å². The first-order valence-corrected chi connectivity index (χ1v) is 13.4. The molecule has 9 atom stereocenters. The zero-order chi connectivity index (χ0) is 22.8. The number of ketones is 1. The van der Waals surface area contributed by atoms with Crippen molar-refractivity contribution in [2.75, 3.05) is 0 Å². The van der Waals surface area contributed by atoms with Crippen LogP contribution in [-0.4, -0.2) is 17.0 Å². The third-order valence-corrected chi connectivity index (χ3v) is 11.6. The molecule has 4 rings (SSSR count). The van der Waals surface area contributed by atoms with Crippen LogP contribution >= 0.6 is 0 Å². The third kappa shape index (κ3) is 3.41. The molecule has 0 aliphatic heterocycles. The van der Waals surface area contributed by atoms with Crippen LogP contribution in [0, 0.1) is 51.8 Å². The SMILES string of the molecule is CC(C)C(=O)CC[C@@H](C)[C@H]1CC[C@@]2(C)C3=CC[C@H]4[C@H](C)[C@@H](O)CC[C@]4(C)[C@@H]3CC[C@]12C. The Morgan fingerprint density at radius 2 is 1.81 bits per heavy atom. The summed E-state index contributed by atoms with van der Waals surface area (Å²) in [5.41, 5.74) is 2.82. The fourth-order valence-electron chi connectivity index (χ4n) is 9.15. The number of carbonyl (C=O) groups is 1. The van der Waals surface area contributed by atoms with Crippen molar-refractivity contribution in [1.29, 1.82) is 0 Å². The van der Waals surface area contributed by atoms with Gasteiger partial charge in [-0.3, -0.25) is 4.79 Å². The van der Waals surface area contributed by atoms with Crippen LogP contribution in [0.15, 0.2) is 11.6 Å². The Kier molecular flexibility index (Phi) is 6.07. The summed E-state index contributed by atoms with van der Waals surface area (Å²) in [4.78, 5) is 12.3. The van der Waals surface area contributed by atoms with Gasteiger partial charge in [0.05, 0.1) is 6.10 Å². The molecule has 1 N–H and O–H groups in total. The Balaban J connectivity index is 1.58. The molecule has 0 amide bonds. The Morgan fingerprint density at radius 1 is 1.10 bits per heavy atom. The van der Waals surface area contributed by atoms with E-state index in [1.54, 1.807) is 5.57 Å². The van der Waals surface area contributed by atoms with E-state index in [1.165, 1.54) is 32.1 Å². The molecule has 0 unspecified atom stereocenters. The van der Waals surface area contributed by atoms with Crippen LogP contribution in [0.3, 0.4) is 0 Å². The first-order valence-electron chi connectivity index (χ1n) is 13.4. The number of carbonyl (C=O) groups excluding carboxylic acids is 1. The van der Waals surface area contributed by atoms with Gasteiger partial charge in [-0.2, -0.15) is 0 Å². The smallest absolute Gasteiger partial charge is 0.135 e. The Bertz CT molecular complexity index is 737. The zero-order valence-electron chi connectivity index (χ0n) is 21.3. The van der Waals surface area contributed by atoms with Crippen molar-refractivity contribution < 1.29 is 9.90 Å². The van der Waals surface area contributed by atoms with E-state index in [0.717, 1.165) is 31.6 Å². The average molecular weight is 429 g/mol. The molecule has 31 heavy (non-hydrogen) atoms. The largest absolute Gasteiger partial charge is 0.393 e. The molecule has 4 aliphatic rings. The summed E-state index contributed by atoms with van der Waals surface area (Å²) in [6, 6.07) is 0. The number of rotatable bonds is 5. The topological polar surface area (TPSA) is 37.3 Å². The van der Waals surface area contributed by atoms with E-state index in [-0.39, 0.29) is 12.0 Å². The molecule has 4 aliphatic carbocycles. The van der Waals surface area contributed by atoms with Gasteiger partial charge in [0.1, 0.15) is 5.78 Å². The maximum absolute atomic E-state index is 12.3. The summed E-state index contributed by atoms with van der Waals surface area (Å²) in [5, 5.41) is 10.5. The lowest BCUT2D eigenvalue weighted by atomic mass is 9.42. The van der Waals surface area contributed by atoms with Gasteiger partial charge >= 0.3 is 0 Å². The van der Waals surface area contributed by atoms with Crippen molar-refractivity contribution in [1.82, 2.24) is 0 Å². The van der Waals surface area contributed by atoms with Crippen molar-refractivity contribution in [3.63, 3.8) is 0 Å². The van der Waals surface area contributed by atoms with Gasteiger partial charge in [-0.25, -0.2) is 0 Å². The van der Waals surface area contributed by atoms with Crippen LogP contribution in [0.2, 0.25) is 0 Å². The summed E-state index contributed by atoms with van der Waals surface area (Å²) in [5.74, 6) is 3.73. The minimum atomic E-state index is -0.109. The molecule has 2 heteroatoms. The monoisotopic (exact) mass is 428 g/mol. The number of fused-ring (bicyclic) bond motifs is 5. The van der Waals surface area contributed by atoms with E-state index < -0.39 is 0 Å². The highest BCUT2D eigenvalue weighted by Gasteiger charge is 2.64. The van der Waals surface area contributed by atoms with E-state index in [1.807, 2.05) is 13.8 Å². The summed E-state index contributed by atoms with van der Waals surface area (Å²) in [7, 11) is 0. The van der Waals surface area contributed by atoms with E-state index >= 15 is 0 Å². The zero-order valence-corrected chi connectivity index (χ0v) is 21.3. The molecule has 0 heterocycles. The maximum atomic E-state index is 12.3. The highest BCUT2D eigenvalue weighted by atomic mass is 16.3. The second-order valence-corrected chi connectivity index (χ2v) is 13.1. The minimum Gasteiger partial charge on any atom is -0.393 e. The van der Waals surface area contributed by atoms with Crippen LogP contribution in [0.5, 0.6) is 0 Å². The predicted molar refractivity (Wildman–Crippen MR) is 129 cm³/mol. The quantitative estimate of drug-likeness (QED) is 0.470. The molecule has 0 bridgehead atoms. The molecule has 3 saturated carbocycles. The molecular weight excluding hydrogens is 380 g/mol. The van der Waals surface area contributed by atoms with Crippen LogP contribution in [0.25, 0.3) is 0 Å². The number of aliphatic hydroxyl groups is 1. The lowest BCUT2D eigenvalue weighted by Crippen LogP contribution is -2.55. The highest BCUT2D eigenvalue weighted by Crippen LogP contribution is 2.72. The van der Waals surface area contributed by atoms with Gasteiger partial charge in [0, 0.05) is 12.3 Å². The van der Waals surface area contributed by atoms with E-state index in [9.17, 15) is 9.90 Å². The van der Waals surface area contributed by atoms with Gasteiger partial charge in [-0.1, -0.05) is 60.1 Å². The molecule has 3 fully saturated rings. The normalized spacial score (nSPS) is 47.9. The van der Waals surface area contributed by atoms with Crippen LogP contribution in [-0.2, 0) is 4.79 Å². The van der Waals surface area contributed by atoms with Gasteiger partial charge in [-0.15, -0.1) is 0 Å². The molecular formula is C29H48O2. The standard InChI is InChI=1S/C29H48O2/c1-18(2)25(30)11-8-19(3)21-12-16-29(7)24-10-9-22-20(4)26(31)14-15-27(22,5)23(24)13-17-28(21,29)6/h10,18-23,26,31H,8-9,11-17H2,1-7H3/t19-,20+,21-,22+,23-,26+,27+,28-,29+/m1/s1. The van der Waals surface area contributed by atoms with Gasteiger partial charge < -0.3 is 5.11 Å². The maximum Gasteiger partial charge on any atom is 0.135 e. The van der Waals surface area contributed by atoms with E-state index in [4.69, 9.17) is 0 Å². The second-order valence-electron chi connectivity index (χ2n) is 13.1. The van der Waals surface area contributed by atoms with Crippen molar-refractivity contribution in [2.24, 2.45) is 51.8 Å². The Hall–Kier alpha value is -0.630. The number of Topliss-reactive ketones (excluding diaryl/α,β-unsaturated/α-hetero) is 1. The fraction of sp³-hybridized carbons (Fsp3) is 0.897. The third-order valence-electron chi connectivity index (χ3n) is 11.6. The lowest BCUT2D eigenvalue weighted by Gasteiger charge is -2.62. The molecule has 2 nitrogen and oxygen atoms in total. The van der Waals surface area contributed by atoms with Crippen LogP contribution in [0.4, 0.5) is 0 Å². The van der Waals surface area contributed by atoms with Crippen molar-refractivity contribution >= 4 is 5.78 Å². The molecule has 0 radical (unpaired) electrons. The summed E-state index contributed by atoms with van der Waals surface area (Å²) >= 11 is 0. The van der Waals surface area contributed by atoms with Gasteiger partial charge in [0.15, 0.2) is 0 Å². The summed E-state index contributed by atoms with van der Waals surface area (Å²) in [6.07, 6.45) is 13.0. The first-order chi connectivity index (χ1) is 14.5. The second kappa shape index (κ2) is 8.00. The molecule has 0 saturated heterocycles. The molecule has 0 aromatic rings. The Morgan fingerprint density at radius 3 is 2.48 bits per heavy atom. The molecule has 0 aromatic carbocycles. The number of hydrogen-bond donors (Lipinski definition) is 1. The average Bonchev–Trinajstić information content (AvgIpc) is 3.00. The first kappa shape index (κ1) is 23.5. The minimum absolute atomic E-state index is 0.109. The van der Waals surface area contributed by atoms with E-state index in [0.29, 0.717) is 45.7 Å². The van der Waals surface area contributed by atoms with E-state index in [2.05, 4.69) is 40.7 Å². The molecule has 0 aromatic heterocycles. The van der Waals surface area contributed by atoms with Crippen molar-refractivity contribution in [3.8, 4) is 0 Å². The summed E-state index contributed by atoms with van der Waals surface area (Å²) in [6.45, 7) is 16.6. The number of allylic oxidation sites excluding steroid dienone is 2. The van der Waals surface area contributed by atoms with Crippen LogP contribution in [0.1, 0.15) is 106 Å². The van der Waals surface area contributed by atoms with Gasteiger partial charge in [0.2, 0.25) is 0 Å². The van der Waals surface area contributed by atoms with Crippen molar-refractivity contribution in [2.45, 2.75) is 112 Å². The van der Waals surface area contributed by atoms with Gasteiger partial charge in [0.25, 0.3) is 0 Å². The number of hydrogen-bond acceptors (Lipinski definition) is 2. The lowest BCUT2D eigenvalue weighted by molar-refractivity contribution is -0.122. The fourth-order valence-corrected chi connectivity index (χ4v) is 9.15. The van der Waals surface area contributed by atoms with Crippen molar-refractivity contribution in [3.05, 3.63) is 11.6 Å². The molecule has 0 spiro atoms. The predicted octanol–water partition coefficient (Wildman–Crippen LogP) is 7.20. The Labute approximate surface area is 191 Å².